The van der Waals surface area contributed by atoms with Crippen molar-refractivity contribution in [2.75, 3.05) is 13.1 Å². The third-order valence-corrected chi connectivity index (χ3v) is 5.41. The highest BCUT2D eigenvalue weighted by Crippen LogP contribution is 2.28. The van der Waals surface area contributed by atoms with Crippen molar-refractivity contribution in [2.45, 2.75) is 25.2 Å². The fourth-order valence-corrected chi connectivity index (χ4v) is 3.86. The molecule has 4 rings (SSSR count). The van der Waals surface area contributed by atoms with Crippen LogP contribution in [0.2, 0.25) is 0 Å². The zero-order chi connectivity index (χ0) is 18.6. The first-order valence-electron chi connectivity index (χ1n) is 9.10. The summed E-state index contributed by atoms with van der Waals surface area (Å²) in [5.41, 5.74) is 1.98. The molecule has 2 aromatic carbocycles. The Morgan fingerprint density at radius 2 is 1.89 bits per heavy atom. The minimum atomic E-state index is 0.169. The minimum absolute atomic E-state index is 0.169. The van der Waals surface area contributed by atoms with Crippen molar-refractivity contribution in [3.8, 4) is 11.4 Å². The summed E-state index contributed by atoms with van der Waals surface area (Å²) >= 11 is 3.45. The normalized spacial score (nSPS) is 15.1. The van der Waals surface area contributed by atoms with Crippen molar-refractivity contribution in [2.24, 2.45) is 0 Å². The van der Waals surface area contributed by atoms with E-state index in [0.29, 0.717) is 18.1 Å². The summed E-state index contributed by atoms with van der Waals surface area (Å²) in [6.45, 7) is 1.45. The molecule has 1 amide bonds. The number of halogens is 1. The molecule has 1 fully saturated rings. The van der Waals surface area contributed by atoms with Gasteiger partial charge in [-0.25, -0.2) is 0 Å². The average Bonchev–Trinajstić information content (AvgIpc) is 3.19. The Balaban J connectivity index is 1.35. The van der Waals surface area contributed by atoms with E-state index in [0.717, 1.165) is 41.5 Å². The van der Waals surface area contributed by atoms with E-state index in [1.165, 1.54) is 0 Å². The van der Waals surface area contributed by atoms with Gasteiger partial charge in [0.2, 0.25) is 17.6 Å². The van der Waals surface area contributed by atoms with Crippen LogP contribution in [0.4, 0.5) is 0 Å². The van der Waals surface area contributed by atoms with E-state index >= 15 is 0 Å². The molecule has 0 N–H and O–H groups in total. The molecule has 0 bridgehead atoms. The Bertz CT molecular complexity index is 918. The molecule has 1 aromatic heterocycles. The fraction of sp³-hybridized carbons (Fsp3) is 0.286. The van der Waals surface area contributed by atoms with Gasteiger partial charge >= 0.3 is 0 Å². The summed E-state index contributed by atoms with van der Waals surface area (Å²) in [6, 6.07) is 17.7. The SMILES string of the molecule is O=C(Cc1cccc(Br)c1)N1CCC(c2nc(-c3ccccc3)no2)CC1. The number of aromatic nitrogens is 2. The first-order valence-corrected chi connectivity index (χ1v) is 9.89. The standard InChI is InChI=1S/C21H20BrN3O2/c22-18-8-4-5-15(13-18)14-19(26)25-11-9-17(10-12-25)21-23-20(24-27-21)16-6-2-1-3-7-16/h1-8,13,17H,9-12,14H2. The van der Waals surface area contributed by atoms with E-state index in [9.17, 15) is 4.79 Å². The van der Waals surface area contributed by atoms with Crippen LogP contribution in [0.1, 0.15) is 30.2 Å². The quantitative estimate of drug-likeness (QED) is 0.619. The summed E-state index contributed by atoms with van der Waals surface area (Å²) in [7, 11) is 0. The maximum absolute atomic E-state index is 12.6. The number of piperidine rings is 1. The van der Waals surface area contributed by atoms with Gasteiger partial charge in [0.25, 0.3) is 0 Å². The largest absolute Gasteiger partial charge is 0.342 e. The highest BCUT2D eigenvalue weighted by atomic mass is 79.9. The van der Waals surface area contributed by atoms with Gasteiger partial charge in [-0.15, -0.1) is 0 Å². The van der Waals surface area contributed by atoms with E-state index in [1.807, 2.05) is 59.5 Å². The molecule has 138 valence electrons. The molecule has 1 aliphatic rings. The van der Waals surface area contributed by atoms with Gasteiger partial charge in [-0.2, -0.15) is 4.98 Å². The highest BCUT2D eigenvalue weighted by molar-refractivity contribution is 9.10. The Labute approximate surface area is 166 Å². The van der Waals surface area contributed by atoms with E-state index in [4.69, 9.17) is 4.52 Å². The van der Waals surface area contributed by atoms with Crippen LogP contribution in [0.25, 0.3) is 11.4 Å². The van der Waals surface area contributed by atoms with Gasteiger partial charge in [-0.3, -0.25) is 4.79 Å². The molecule has 27 heavy (non-hydrogen) atoms. The monoisotopic (exact) mass is 425 g/mol. The van der Waals surface area contributed by atoms with Crippen molar-refractivity contribution < 1.29 is 9.32 Å². The predicted octanol–water partition coefficient (Wildman–Crippen LogP) is 4.45. The van der Waals surface area contributed by atoms with Crippen LogP contribution in [-0.2, 0) is 11.2 Å². The van der Waals surface area contributed by atoms with Crippen LogP contribution in [0.15, 0.2) is 63.6 Å². The Morgan fingerprint density at radius 3 is 2.63 bits per heavy atom. The van der Waals surface area contributed by atoms with Crippen LogP contribution in [0.5, 0.6) is 0 Å². The Kier molecular flexibility index (Phi) is 5.34. The van der Waals surface area contributed by atoms with Gasteiger partial charge in [0.1, 0.15) is 0 Å². The van der Waals surface area contributed by atoms with E-state index in [-0.39, 0.29) is 11.8 Å². The van der Waals surface area contributed by atoms with Crippen molar-refractivity contribution in [1.29, 1.82) is 0 Å². The summed E-state index contributed by atoms with van der Waals surface area (Å²) in [6.07, 6.45) is 2.13. The van der Waals surface area contributed by atoms with Crippen LogP contribution in [0, 0.1) is 0 Å². The molecule has 3 aromatic rings. The summed E-state index contributed by atoms with van der Waals surface area (Å²) in [5.74, 6) is 1.68. The first kappa shape index (κ1) is 17.9. The molecule has 5 nitrogen and oxygen atoms in total. The van der Waals surface area contributed by atoms with Crippen LogP contribution in [0.3, 0.4) is 0 Å². The van der Waals surface area contributed by atoms with Crippen molar-refractivity contribution >= 4 is 21.8 Å². The van der Waals surface area contributed by atoms with Crippen LogP contribution < -0.4 is 0 Å². The predicted molar refractivity (Wildman–Crippen MR) is 106 cm³/mol. The second-order valence-electron chi connectivity index (χ2n) is 6.78. The third kappa shape index (κ3) is 4.27. The lowest BCUT2D eigenvalue weighted by Gasteiger charge is -2.30. The number of benzene rings is 2. The third-order valence-electron chi connectivity index (χ3n) is 4.92. The van der Waals surface area contributed by atoms with Crippen molar-refractivity contribution in [1.82, 2.24) is 15.0 Å². The number of rotatable bonds is 4. The number of likely N-dealkylation sites (tertiary alicyclic amines) is 1. The Morgan fingerprint density at radius 1 is 1.11 bits per heavy atom. The summed E-state index contributed by atoms with van der Waals surface area (Å²) in [5, 5.41) is 4.11. The molecule has 0 spiro atoms. The minimum Gasteiger partial charge on any atom is -0.342 e. The molecule has 1 saturated heterocycles. The first-order chi connectivity index (χ1) is 13.2. The second-order valence-corrected chi connectivity index (χ2v) is 7.70. The van der Waals surface area contributed by atoms with Crippen molar-refractivity contribution in [3.05, 3.63) is 70.5 Å². The lowest BCUT2D eigenvalue weighted by Crippen LogP contribution is -2.38. The number of carbonyl (C=O) groups is 1. The molecular weight excluding hydrogens is 406 g/mol. The molecule has 1 aliphatic heterocycles. The van der Waals surface area contributed by atoms with E-state index in [1.54, 1.807) is 0 Å². The van der Waals surface area contributed by atoms with E-state index < -0.39 is 0 Å². The maximum Gasteiger partial charge on any atom is 0.230 e. The highest BCUT2D eigenvalue weighted by Gasteiger charge is 2.27. The number of amides is 1. The fourth-order valence-electron chi connectivity index (χ4n) is 3.41. The van der Waals surface area contributed by atoms with Gasteiger partial charge in [-0.1, -0.05) is 63.6 Å². The maximum atomic E-state index is 12.6. The number of hydrogen-bond donors (Lipinski definition) is 0. The van der Waals surface area contributed by atoms with Gasteiger partial charge in [-0.05, 0) is 30.5 Å². The van der Waals surface area contributed by atoms with Crippen LogP contribution >= 0.6 is 15.9 Å². The van der Waals surface area contributed by atoms with Crippen molar-refractivity contribution in [3.63, 3.8) is 0 Å². The molecule has 0 atom stereocenters. The number of nitrogens with zero attached hydrogens (tertiary/aromatic N) is 3. The van der Waals surface area contributed by atoms with Gasteiger partial charge < -0.3 is 9.42 Å². The smallest absolute Gasteiger partial charge is 0.230 e. The average molecular weight is 426 g/mol. The zero-order valence-electron chi connectivity index (χ0n) is 14.8. The second kappa shape index (κ2) is 8.05. The molecular formula is C21H20BrN3O2. The number of hydrogen-bond acceptors (Lipinski definition) is 4. The molecule has 2 heterocycles. The Hall–Kier alpha value is -2.47. The lowest BCUT2D eigenvalue weighted by atomic mass is 9.96. The summed E-state index contributed by atoms with van der Waals surface area (Å²) in [4.78, 5) is 19.1. The van der Waals surface area contributed by atoms with Gasteiger partial charge in [0.15, 0.2) is 0 Å². The zero-order valence-corrected chi connectivity index (χ0v) is 16.4. The molecule has 6 heteroatoms. The molecule has 0 radical (unpaired) electrons. The molecule has 0 unspecified atom stereocenters. The van der Waals surface area contributed by atoms with Gasteiger partial charge in [0, 0.05) is 29.0 Å². The van der Waals surface area contributed by atoms with Gasteiger partial charge in [0.05, 0.1) is 6.42 Å². The molecule has 0 saturated carbocycles. The molecule has 0 aliphatic carbocycles. The topological polar surface area (TPSA) is 59.2 Å². The number of carbonyl (C=O) groups excluding carboxylic acids is 1. The lowest BCUT2D eigenvalue weighted by molar-refractivity contribution is -0.131. The van der Waals surface area contributed by atoms with Crippen LogP contribution in [-0.4, -0.2) is 34.0 Å². The summed E-state index contributed by atoms with van der Waals surface area (Å²) < 4.78 is 6.49. The van der Waals surface area contributed by atoms with E-state index in [2.05, 4.69) is 26.1 Å².